The topological polar surface area (TPSA) is 49.9 Å². The molecule has 3 aromatic rings. The number of ether oxygens (including phenoxy) is 1. The van der Waals surface area contributed by atoms with Gasteiger partial charge in [-0.2, -0.15) is 0 Å². The Labute approximate surface area is 139 Å². The molecule has 120 valence electrons. The number of aromatic amines is 1. The van der Waals surface area contributed by atoms with Gasteiger partial charge in [0.05, 0.1) is 11.8 Å². The highest BCUT2D eigenvalue weighted by atomic mass is 32.1. The number of nitrogens with zero attached hydrogens (tertiary/aromatic N) is 1. The van der Waals surface area contributed by atoms with E-state index in [1.54, 1.807) is 11.3 Å². The van der Waals surface area contributed by atoms with Crippen molar-refractivity contribution in [2.75, 3.05) is 18.5 Å². The van der Waals surface area contributed by atoms with Gasteiger partial charge in [0, 0.05) is 40.2 Å². The highest BCUT2D eigenvalue weighted by Crippen LogP contribution is 2.37. The van der Waals surface area contributed by atoms with Crippen molar-refractivity contribution in [3.8, 4) is 11.3 Å². The molecule has 0 spiro atoms. The third-order valence-corrected chi connectivity index (χ3v) is 5.36. The van der Waals surface area contributed by atoms with Gasteiger partial charge in [0.25, 0.3) is 0 Å². The molecule has 1 fully saturated rings. The maximum absolute atomic E-state index is 5.67. The lowest BCUT2D eigenvalue weighted by Gasteiger charge is -2.09. The van der Waals surface area contributed by atoms with Gasteiger partial charge < -0.3 is 15.0 Å². The minimum absolute atomic E-state index is 0.331. The number of thiazole rings is 1. The number of fused-ring (bicyclic) bond motifs is 1. The summed E-state index contributed by atoms with van der Waals surface area (Å²) in [6.45, 7) is 6.00. The minimum Gasteiger partial charge on any atom is -0.376 e. The van der Waals surface area contributed by atoms with E-state index in [0.717, 1.165) is 30.4 Å². The molecule has 4 nitrogen and oxygen atoms in total. The zero-order valence-corrected chi connectivity index (χ0v) is 14.3. The fourth-order valence-corrected chi connectivity index (χ4v) is 4.12. The average Bonchev–Trinajstić information content (AvgIpc) is 3.23. The van der Waals surface area contributed by atoms with Crippen molar-refractivity contribution >= 4 is 27.4 Å². The molecule has 2 N–H and O–H groups in total. The number of hydrogen-bond acceptors (Lipinski definition) is 4. The van der Waals surface area contributed by atoms with Crippen LogP contribution in [0.5, 0.6) is 0 Å². The van der Waals surface area contributed by atoms with Gasteiger partial charge in [-0.1, -0.05) is 18.2 Å². The summed E-state index contributed by atoms with van der Waals surface area (Å²) in [5.41, 5.74) is 4.64. The summed E-state index contributed by atoms with van der Waals surface area (Å²) in [5, 5.41) is 5.67. The van der Waals surface area contributed by atoms with Crippen molar-refractivity contribution in [3.63, 3.8) is 0 Å². The van der Waals surface area contributed by atoms with E-state index in [4.69, 9.17) is 9.72 Å². The lowest BCUT2D eigenvalue weighted by molar-refractivity contribution is 0.120. The summed E-state index contributed by atoms with van der Waals surface area (Å²) < 4.78 is 5.67. The molecule has 0 unspecified atom stereocenters. The van der Waals surface area contributed by atoms with Gasteiger partial charge in [-0.25, -0.2) is 4.98 Å². The summed E-state index contributed by atoms with van der Waals surface area (Å²) in [6, 6.07) is 8.42. The van der Waals surface area contributed by atoms with Crippen molar-refractivity contribution in [3.05, 3.63) is 34.8 Å². The number of aryl methyl sites for hydroxylation is 2. The molecule has 1 atom stereocenters. The summed E-state index contributed by atoms with van der Waals surface area (Å²) >= 11 is 1.72. The Morgan fingerprint density at radius 3 is 3.04 bits per heavy atom. The highest BCUT2D eigenvalue weighted by Gasteiger charge is 2.19. The third-order valence-electron chi connectivity index (χ3n) is 4.43. The molecule has 1 saturated heterocycles. The summed E-state index contributed by atoms with van der Waals surface area (Å²) in [4.78, 5) is 9.56. The van der Waals surface area contributed by atoms with Gasteiger partial charge in [-0.15, -0.1) is 11.3 Å². The number of hydrogen-bond donors (Lipinski definition) is 2. The monoisotopic (exact) mass is 327 g/mol. The zero-order chi connectivity index (χ0) is 15.8. The quantitative estimate of drug-likeness (QED) is 0.742. The Hall–Kier alpha value is -1.85. The number of aromatic nitrogens is 2. The number of H-pyrrole nitrogens is 1. The maximum atomic E-state index is 5.67. The van der Waals surface area contributed by atoms with Gasteiger partial charge in [-0.05, 0) is 32.8 Å². The molecule has 3 heterocycles. The smallest absolute Gasteiger partial charge is 0.183 e. The predicted octanol–water partition coefficient (Wildman–Crippen LogP) is 4.50. The lowest BCUT2D eigenvalue weighted by atomic mass is 10.1. The van der Waals surface area contributed by atoms with Crippen molar-refractivity contribution in [1.29, 1.82) is 0 Å². The van der Waals surface area contributed by atoms with Crippen LogP contribution in [0.4, 0.5) is 5.13 Å². The number of rotatable bonds is 4. The molecular formula is C18H21N3OS. The van der Waals surface area contributed by atoms with Gasteiger partial charge in [0.1, 0.15) is 0 Å². The van der Waals surface area contributed by atoms with Crippen LogP contribution >= 0.6 is 11.3 Å². The second-order valence-corrected chi connectivity index (χ2v) is 7.31. The molecule has 0 amide bonds. The van der Waals surface area contributed by atoms with Crippen LogP contribution in [-0.2, 0) is 4.74 Å². The van der Waals surface area contributed by atoms with E-state index in [0.29, 0.717) is 6.10 Å². The third kappa shape index (κ3) is 2.75. The zero-order valence-electron chi connectivity index (χ0n) is 13.5. The first-order valence-electron chi connectivity index (χ1n) is 8.13. The molecule has 0 bridgehead atoms. The van der Waals surface area contributed by atoms with E-state index in [1.165, 1.54) is 33.5 Å². The Kier molecular flexibility index (Phi) is 3.83. The molecule has 23 heavy (non-hydrogen) atoms. The van der Waals surface area contributed by atoms with Crippen LogP contribution in [0, 0.1) is 13.8 Å². The Balaban J connectivity index is 1.64. The van der Waals surface area contributed by atoms with Crippen molar-refractivity contribution in [2.45, 2.75) is 32.8 Å². The van der Waals surface area contributed by atoms with Gasteiger partial charge >= 0.3 is 0 Å². The molecule has 1 aliphatic heterocycles. The normalized spacial score (nSPS) is 17.9. The van der Waals surface area contributed by atoms with E-state index >= 15 is 0 Å². The van der Waals surface area contributed by atoms with Crippen LogP contribution in [0.2, 0.25) is 0 Å². The van der Waals surface area contributed by atoms with Crippen LogP contribution in [-0.4, -0.2) is 29.2 Å². The van der Waals surface area contributed by atoms with E-state index in [2.05, 4.69) is 48.4 Å². The first kappa shape index (κ1) is 14.7. The van der Waals surface area contributed by atoms with Crippen LogP contribution in [0.3, 0.4) is 0 Å². The molecule has 0 aliphatic carbocycles. The van der Waals surface area contributed by atoms with Crippen LogP contribution in [0.25, 0.3) is 22.2 Å². The van der Waals surface area contributed by atoms with Crippen molar-refractivity contribution in [2.24, 2.45) is 0 Å². The Morgan fingerprint density at radius 1 is 1.35 bits per heavy atom. The standard InChI is InChI=1S/C18H21N3OS/c1-11-16(14-7-3-4-8-15(14)20-11)17-12(2)23-18(21-17)19-10-13-6-5-9-22-13/h3-4,7-8,13,20H,5-6,9-10H2,1-2H3,(H,19,21)/t13-/m0/s1. The van der Waals surface area contributed by atoms with E-state index in [-0.39, 0.29) is 0 Å². The first-order valence-corrected chi connectivity index (χ1v) is 8.94. The number of nitrogens with one attached hydrogen (secondary N) is 2. The van der Waals surface area contributed by atoms with Gasteiger partial charge in [0.15, 0.2) is 5.13 Å². The number of anilines is 1. The summed E-state index contributed by atoms with van der Waals surface area (Å²) in [6.07, 6.45) is 2.65. The van der Waals surface area contributed by atoms with Crippen LogP contribution in [0.1, 0.15) is 23.4 Å². The fraction of sp³-hybridized carbons (Fsp3) is 0.389. The molecule has 1 aliphatic rings. The van der Waals surface area contributed by atoms with E-state index in [9.17, 15) is 0 Å². The average molecular weight is 327 g/mol. The first-order chi connectivity index (χ1) is 11.2. The second kappa shape index (κ2) is 5.98. The van der Waals surface area contributed by atoms with E-state index in [1.807, 2.05) is 0 Å². The molecule has 1 aromatic carbocycles. The van der Waals surface area contributed by atoms with Crippen molar-refractivity contribution in [1.82, 2.24) is 9.97 Å². The molecule has 4 rings (SSSR count). The fourth-order valence-electron chi connectivity index (χ4n) is 3.29. The number of benzene rings is 1. The van der Waals surface area contributed by atoms with Crippen molar-refractivity contribution < 1.29 is 4.74 Å². The summed E-state index contributed by atoms with van der Waals surface area (Å²) in [7, 11) is 0. The molecule has 2 aromatic heterocycles. The molecule has 0 saturated carbocycles. The largest absolute Gasteiger partial charge is 0.376 e. The molecule has 5 heteroatoms. The van der Waals surface area contributed by atoms with Crippen LogP contribution in [0.15, 0.2) is 24.3 Å². The lowest BCUT2D eigenvalue weighted by Crippen LogP contribution is -2.18. The minimum atomic E-state index is 0.331. The molecule has 0 radical (unpaired) electrons. The number of para-hydroxylation sites is 1. The Bertz CT molecular complexity index is 830. The second-order valence-electron chi connectivity index (χ2n) is 6.11. The maximum Gasteiger partial charge on any atom is 0.183 e. The highest BCUT2D eigenvalue weighted by molar-refractivity contribution is 7.16. The predicted molar refractivity (Wildman–Crippen MR) is 96.3 cm³/mol. The van der Waals surface area contributed by atoms with E-state index < -0.39 is 0 Å². The van der Waals surface area contributed by atoms with Gasteiger partial charge in [0.2, 0.25) is 0 Å². The van der Waals surface area contributed by atoms with Gasteiger partial charge in [-0.3, -0.25) is 0 Å². The Morgan fingerprint density at radius 2 is 2.22 bits per heavy atom. The molecular weight excluding hydrogens is 306 g/mol. The summed E-state index contributed by atoms with van der Waals surface area (Å²) in [5.74, 6) is 0. The van der Waals surface area contributed by atoms with Crippen LogP contribution < -0.4 is 5.32 Å². The SMILES string of the molecule is Cc1[nH]c2ccccc2c1-c1nc(NC[C@@H]2CCCO2)sc1C.